The van der Waals surface area contributed by atoms with Crippen LogP contribution in [0.4, 0.5) is 0 Å². The molecule has 32 heavy (non-hydrogen) atoms. The number of halogens is 2. The third-order valence-corrected chi connectivity index (χ3v) is 7.44. The van der Waals surface area contributed by atoms with Gasteiger partial charge in [-0.3, -0.25) is 9.36 Å². The lowest BCUT2D eigenvalue weighted by atomic mass is 10.0. The lowest BCUT2D eigenvalue weighted by Crippen LogP contribution is -2.39. The number of aromatic nitrogens is 1. The summed E-state index contributed by atoms with van der Waals surface area (Å²) in [6.07, 6.45) is 1.68. The van der Waals surface area contributed by atoms with E-state index in [0.717, 1.165) is 4.88 Å². The van der Waals surface area contributed by atoms with Crippen LogP contribution >= 0.6 is 45.9 Å². The molecule has 1 aromatic carbocycles. The van der Waals surface area contributed by atoms with Crippen LogP contribution in [0.15, 0.2) is 56.8 Å². The second-order valence-electron chi connectivity index (χ2n) is 7.72. The number of thiazole rings is 1. The highest BCUT2D eigenvalue weighted by Gasteiger charge is 2.34. The number of hydrogen-bond donors (Lipinski definition) is 0. The molecule has 0 amide bonds. The zero-order valence-electron chi connectivity index (χ0n) is 17.6. The molecule has 3 aromatic rings. The van der Waals surface area contributed by atoms with Gasteiger partial charge in [0.25, 0.3) is 5.56 Å². The Morgan fingerprint density at radius 1 is 1.25 bits per heavy atom. The molecule has 166 valence electrons. The summed E-state index contributed by atoms with van der Waals surface area (Å²) in [5, 5.41) is 2.82. The molecule has 0 N–H and O–H groups in total. The number of ether oxygens (including phenoxy) is 1. The molecule has 0 aliphatic carbocycles. The number of fused-ring (bicyclic) bond motifs is 1. The molecule has 0 radical (unpaired) electrons. The van der Waals surface area contributed by atoms with Crippen molar-refractivity contribution in [3.8, 4) is 0 Å². The molecule has 4 rings (SSSR count). The molecule has 1 aliphatic rings. The lowest BCUT2D eigenvalue weighted by molar-refractivity contribution is -0.140. The van der Waals surface area contributed by atoms with Crippen LogP contribution in [-0.2, 0) is 9.53 Å². The molecule has 0 bridgehead atoms. The molecule has 1 aliphatic heterocycles. The Morgan fingerprint density at radius 3 is 2.59 bits per heavy atom. The summed E-state index contributed by atoms with van der Waals surface area (Å²) < 4.78 is 7.52. The maximum absolute atomic E-state index is 13.5. The van der Waals surface area contributed by atoms with Crippen LogP contribution in [-0.4, -0.2) is 17.1 Å². The Morgan fingerprint density at radius 2 is 1.97 bits per heavy atom. The first-order chi connectivity index (χ1) is 15.3. The predicted molar refractivity (Wildman–Crippen MR) is 130 cm³/mol. The number of esters is 1. The van der Waals surface area contributed by atoms with Gasteiger partial charge in [-0.1, -0.05) is 60.5 Å². The smallest absolute Gasteiger partial charge is 0.338 e. The van der Waals surface area contributed by atoms with Crippen LogP contribution in [0.1, 0.15) is 37.3 Å². The van der Waals surface area contributed by atoms with Gasteiger partial charge in [-0.2, -0.15) is 0 Å². The van der Waals surface area contributed by atoms with Crippen LogP contribution in [0, 0.1) is 5.92 Å². The Bertz CT molecular complexity index is 1370. The summed E-state index contributed by atoms with van der Waals surface area (Å²) in [6, 6.07) is 8.39. The summed E-state index contributed by atoms with van der Waals surface area (Å²) >= 11 is 15.3. The van der Waals surface area contributed by atoms with E-state index in [9.17, 15) is 9.59 Å². The molecule has 0 saturated carbocycles. The number of allylic oxidation sites excluding steroid dienone is 1. The minimum absolute atomic E-state index is 0.196. The van der Waals surface area contributed by atoms with Crippen LogP contribution < -0.4 is 14.9 Å². The topological polar surface area (TPSA) is 60.7 Å². The average molecular weight is 507 g/mol. The maximum atomic E-state index is 13.5. The SMILES string of the molecule is CC1=C(C(=O)OCC(C)C)C(c2cccs2)n2c(s/c(=C\c3c(Cl)cccc3Cl)c2=O)=N1. The Kier molecular flexibility index (Phi) is 6.72. The fraction of sp³-hybridized carbons (Fsp3) is 0.261. The third-order valence-electron chi connectivity index (χ3n) is 4.88. The first-order valence-electron chi connectivity index (χ1n) is 9.95. The number of hydrogen-bond acceptors (Lipinski definition) is 6. The van der Waals surface area contributed by atoms with Crippen molar-refractivity contribution < 1.29 is 9.53 Å². The fourth-order valence-corrected chi connectivity index (χ4v) is 5.76. The molecular weight excluding hydrogens is 487 g/mol. The zero-order valence-corrected chi connectivity index (χ0v) is 20.7. The van der Waals surface area contributed by atoms with Gasteiger partial charge in [-0.25, -0.2) is 9.79 Å². The van der Waals surface area contributed by atoms with Gasteiger partial charge >= 0.3 is 5.97 Å². The van der Waals surface area contributed by atoms with Crippen LogP contribution in [0.25, 0.3) is 6.08 Å². The van der Waals surface area contributed by atoms with Crippen molar-refractivity contribution in [1.82, 2.24) is 4.57 Å². The van der Waals surface area contributed by atoms with E-state index < -0.39 is 12.0 Å². The van der Waals surface area contributed by atoms with Gasteiger partial charge in [-0.05, 0) is 42.5 Å². The molecule has 0 saturated heterocycles. The molecule has 2 aromatic heterocycles. The fourth-order valence-electron chi connectivity index (χ4n) is 3.40. The van der Waals surface area contributed by atoms with E-state index in [-0.39, 0.29) is 11.5 Å². The van der Waals surface area contributed by atoms with Crippen molar-refractivity contribution in [3.63, 3.8) is 0 Å². The molecule has 5 nitrogen and oxygen atoms in total. The normalized spacial score (nSPS) is 16.3. The number of carbonyl (C=O) groups excluding carboxylic acids is 1. The first kappa shape index (κ1) is 23.0. The van der Waals surface area contributed by atoms with E-state index in [1.807, 2.05) is 31.4 Å². The van der Waals surface area contributed by atoms with E-state index in [4.69, 9.17) is 27.9 Å². The quantitative estimate of drug-likeness (QED) is 0.466. The second kappa shape index (κ2) is 9.35. The summed E-state index contributed by atoms with van der Waals surface area (Å²) in [7, 11) is 0. The Hall–Kier alpha value is -2.19. The molecule has 1 unspecified atom stereocenters. The first-order valence-corrected chi connectivity index (χ1v) is 12.4. The number of benzene rings is 1. The summed E-state index contributed by atoms with van der Waals surface area (Å²) in [6.45, 7) is 6.01. The van der Waals surface area contributed by atoms with E-state index in [0.29, 0.717) is 42.8 Å². The number of nitrogens with zero attached hydrogens (tertiary/aromatic N) is 2. The highest BCUT2D eigenvalue weighted by molar-refractivity contribution is 7.10. The minimum Gasteiger partial charge on any atom is -0.462 e. The van der Waals surface area contributed by atoms with E-state index >= 15 is 0 Å². The monoisotopic (exact) mass is 506 g/mol. The van der Waals surface area contributed by atoms with Crippen molar-refractivity contribution in [1.29, 1.82) is 0 Å². The van der Waals surface area contributed by atoms with E-state index in [1.165, 1.54) is 22.7 Å². The van der Waals surface area contributed by atoms with Crippen molar-refractivity contribution in [3.05, 3.63) is 87.2 Å². The lowest BCUT2D eigenvalue weighted by Gasteiger charge is -2.23. The summed E-state index contributed by atoms with van der Waals surface area (Å²) in [5.74, 6) is -0.261. The molecule has 9 heteroatoms. The molecule has 0 spiro atoms. The maximum Gasteiger partial charge on any atom is 0.338 e. The zero-order chi connectivity index (χ0) is 23.0. The van der Waals surface area contributed by atoms with Crippen molar-refractivity contribution in [2.75, 3.05) is 6.61 Å². The van der Waals surface area contributed by atoms with Gasteiger partial charge in [0.15, 0.2) is 4.80 Å². The van der Waals surface area contributed by atoms with Gasteiger partial charge in [0.2, 0.25) is 0 Å². The average Bonchev–Trinajstić information content (AvgIpc) is 3.37. The van der Waals surface area contributed by atoms with Gasteiger partial charge < -0.3 is 4.74 Å². The molecule has 3 heterocycles. The predicted octanol–water partition coefficient (Wildman–Crippen LogP) is 4.80. The van der Waals surface area contributed by atoms with Crippen molar-refractivity contribution >= 4 is 57.9 Å². The van der Waals surface area contributed by atoms with Crippen LogP contribution in [0.2, 0.25) is 10.0 Å². The summed E-state index contributed by atoms with van der Waals surface area (Å²) in [5.41, 5.74) is 1.23. The van der Waals surface area contributed by atoms with Crippen molar-refractivity contribution in [2.24, 2.45) is 10.9 Å². The highest BCUT2D eigenvalue weighted by Crippen LogP contribution is 2.33. The number of rotatable bonds is 5. The van der Waals surface area contributed by atoms with E-state index in [2.05, 4.69) is 4.99 Å². The van der Waals surface area contributed by atoms with Crippen LogP contribution in [0.5, 0.6) is 0 Å². The number of thiophene rings is 1. The largest absolute Gasteiger partial charge is 0.462 e. The molecule has 0 fully saturated rings. The van der Waals surface area contributed by atoms with Gasteiger partial charge in [0.1, 0.15) is 6.04 Å². The molecule has 1 atom stereocenters. The second-order valence-corrected chi connectivity index (χ2v) is 10.5. The number of carbonyl (C=O) groups is 1. The molecular formula is C23H20Cl2N2O3S2. The van der Waals surface area contributed by atoms with Crippen LogP contribution in [0.3, 0.4) is 0 Å². The highest BCUT2D eigenvalue weighted by atomic mass is 35.5. The summed E-state index contributed by atoms with van der Waals surface area (Å²) in [4.78, 5) is 32.5. The van der Waals surface area contributed by atoms with E-state index in [1.54, 1.807) is 35.8 Å². The standard InChI is InChI=1S/C23H20Cl2N2O3S2/c1-12(2)11-30-22(29)19-13(3)26-23-27(20(19)17-8-5-9-31-17)21(28)18(32-23)10-14-15(24)6-4-7-16(14)25/h4-10,12,20H,11H2,1-3H3/b18-10-. The third kappa shape index (κ3) is 4.35. The van der Waals surface area contributed by atoms with Gasteiger partial charge in [0.05, 0.1) is 22.4 Å². The van der Waals surface area contributed by atoms with Crippen molar-refractivity contribution in [2.45, 2.75) is 26.8 Å². The van der Waals surface area contributed by atoms with Gasteiger partial charge in [0, 0.05) is 20.5 Å². The Labute approximate surface area is 202 Å². The Balaban J connectivity index is 1.91. The van der Waals surface area contributed by atoms with Gasteiger partial charge in [-0.15, -0.1) is 11.3 Å². The minimum atomic E-state index is -0.602.